The summed E-state index contributed by atoms with van der Waals surface area (Å²) < 4.78 is 0. The van der Waals surface area contributed by atoms with Crippen molar-refractivity contribution in [3.8, 4) is 0 Å². The van der Waals surface area contributed by atoms with Crippen LogP contribution >= 0.6 is 0 Å². The first kappa shape index (κ1) is 12.9. The van der Waals surface area contributed by atoms with Crippen LogP contribution in [0.2, 0.25) is 0 Å². The van der Waals surface area contributed by atoms with Crippen LogP contribution in [0.4, 0.5) is 0 Å². The molecule has 0 heteroatoms. The van der Waals surface area contributed by atoms with Crippen molar-refractivity contribution in [2.45, 2.75) is 76.0 Å². The van der Waals surface area contributed by atoms with Crippen LogP contribution in [0.3, 0.4) is 0 Å². The van der Waals surface area contributed by atoms with Crippen LogP contribution < -0.4 is 0 Å². The van der Waals surface area contributed by atoms with Gasteiger partial charge in [-0.2, -0.15) is 0 Å². The third-order valence-corrected chi connectivity index (χ3v) is 6.50. The summed E-state index contributed by atoms with van der Waals surface area (Å²) in [5, 5.41) is 0. The predicted molar refractivity (Wildman–Crippen MR) is 85.0 cm³/mol. The summed E-state index contributed by atoms with van der Waals surface area (Å²) in [4.78, 5) is 0. The number of hydrogen-bond donors (Lipinski definition) is 0. The van der Waals surface area contributed by atoms with Crippen molar-refractivity contribution < 1.29 is 0 Å². The molecular formula is C20H28. The molecule has 0 aliphatic heterocycles. The molecule has 0 N–H and O–H groups in total. The Kier molecular flexibility index (Phi) is 3.36. The minimum atomic E-state index is 0.628. The average Bonchev–Trinajstić information content (AvgIpc) is 3.20. The Balaban J connectivity index is 1.41. The van der Waals surface area contributed by atoms with Crippen LogP contribution in [0.1, 0.15) is 75.3 Å². The van der Waals surface area contributed by atoms with Gasteiger partial charge in [-0.1, -0.05) is 62.8 Å². The van der Waals surface area contributed by atoms with Gasteiger partial charge >= 0.3 is 0 Å². The van der Waals surface area contributed by atoms with Crippen molar-refractivity contribution in [2.24, 2.45) is 11.8 Å². The van der Waals surface area contributed by atoms with Gasteiger partial charge in [0.25, 0.3) is 0 Å². The minimum absolute atomic E-state index is 0.628. The van der Waals surface area contributed by atoms with E-state index >= 15 is 0 Å². The van der Waals surface area contributed by atoms with E-state index in [4.69, 9.17) is 0 Å². The van der Waals surface area contributed by atoms with E-state index in [0.717, 1.165) is 11.8 Å². The Hall–Kier alpha value is -0.780. The normalized spacial score (nSPS) is 33.1. The largest absolute Gasteiger partial charge is 0.0620 e. The van der Waals surface area contributed by atoms with Gasteiger partial charge in [-0.05, 0) is 60.5 Å². The topological polar surface area (TPSA) is 0 Å². The SMILES string of the molecule is c1ccc2c(c1)CCCC21CC1CCC1CCCCC1. The van der Waals surface area contributed by atoms with Crippen molar-refractivity contribution in [3.63, 3.8) is 0 Å². The van der Waals surface area contributed by atoms with Crippen molar-refractivity contribution in [1.82, 2.24) is 0 Å². The molecule has 2 fully saturated rings. The molecule has 3 aliphatic rings. The molecule has 0 radical (unpaired) electrons. The number of benzene rings is 1. The lowest BCUT2D eigenvalue weighted by atomic mass is 9.77. The smallest absolute Gasteiger partial charge is 0.00126 e. The quantitative estimate of drug-likeness (QED) is 0.665. The standard InChI is InChI=1S/C20H28/c1-2-7-16(8-3-1)12-13-18-15-20(18)14-6-10-17-9-4-5-11-19(17)20/h4-5,9,11,16,18H,1-3,6-8,10,12-15H2. The fourth-order valence-corrected chi connectivity index (χ4v) is 5.26. The van der Waals surface area contributed by atoms with E-state index in [-0.39, 0.29) is 0 Å². The van der Waals surface area contributed by atoms with Crippen LogP contribution in [0, 0.1) is 11.8 Å². The number of aryl methyl sites for hydroxylation is 1. The molecular weight excluding hydrogens is 240 g/mol. The summed E-state index contributed by atoms with van der Waals surface area (Å²) in [7, 11) is 0. The third-order valence-electron chi connectivity index (χ3n) is 6.50. The molecule has 0 amide bonds. The monoisotopic (exact) mass is 268 g/mol. The zero-order chi connectivity index (χ0) is 13.4. The fraction of sp³-hybridized carbons (Fsp3) is 0.700. The van der Waals surface area contributed by atoms with Crippen LogP contribution in [-0.4, -0.2) is 0 Å². The molecule has 2 atom stereocenters. The number of hydrogen-bond acceptors (Lipinski definition) is 0. The third kappa shape index (κ3) is 2.22. The molecule has 0 saturated heterocycles. The summed E-state index contributed by atoms with van der Waals surface area (Å²) in [6, 6.07) is 9.32. The van der Waals surface area contributed by atoms with Gasteiger partial charge < -0.3 is 0 Å². The van der Waals surface area contributed by atoms with Gasteiger partial charge in [0.2, 0.25) is 0 Å². The second-order valence-corrected chi connectivity index (χ2v) is 7.65. The van der Waals surface area contributed by atoms with Crippen molar-refractivity contribution >= 4 is 0 Å². The van der Waals surface area contributed by atoms with Crippen molar-refractivity contribution in [3.05, 3.63) is 35.4 Å². The van der Waals surface area contributed by atoms with Gasteiger partial charge in [0.05, 0.1) is 0 Å². The molecule has 1 spiro atoms. The minimum Gasteiger partial charge on any atom is -0.0620 e. The van der Waals surface area contributed by atoms with Gasteiger partial charge in [-0.25, -0.2) is 0 Å². The predicted octanol–water partition coefficient (Wildman–Crippen LogP) is 5.64. The zero-order valence-corrected chi connectivity index (χ0v) is 12.7. The summed E-state index contributed by atoms with van der Waals surface area (Å²) in [5.41, 5.74) is 4.03. The van der Waals surface area contributed by atoms with Gasteiger partial charge in [0, 0.05) is 0 Å². The summed E-state index contributed by atoms with van der Waals surface area (Å²) >= 11 is 0. The van der Waals surface area contributed by atoms with Gasteiger partial charge in [-0.3, -0.25) is 0 Å². The van der Waals surface area contributed by atoms with E-state index in [0.29, 0.717) is 5.41 Å². The zero-order valence-electron chi connectivity index (χ0n) is 12.7. The van der Waals surface area contributed by atoms with E-state index in [1.807, 2.05) is 0 Å². The second kappa shape index (κ2) is 5.20. The highest BCUT2D eigenvalue weighted by atomic mass is 14.6. The number of rotatable bonds is 3. The first-order valence-electron chi connectivity index (χ1n) is 8.97. The molecule has 1 aromatic carbocycles. The molecule has 4 rings (SSSR count). The number of fused-ring (bicyclic) bond motifs is 2. The molecule has 3 aliphatic carbocycles. The maximum Gasteiger partial charge on any atom is -0.00126 e. The average molecular weight is 268 g/mol. The maximum atomic E-state index is 2.44. The lowest BCUT2D eigenvalue weighted by Crippen LogP contribution is -2.18. The molecule has 2 unspecified atom stereocenters. The van der Waals surface area contributed by atoms with Crippen molar-refractivity contribution in [2.75, 3.05) is 0 Å². The van der Waals surface area contributed by atoms with E-state index in [1.54, 1.807) is 11.1 Å². The highest BCUT2D eigenvalue weighted by molar-refractivity contribution is 5.42. The Morgan fingerprint density at radius 1 is 0.950 bits per heavy atom. The first-order chi connectivity index (χ1) is 9.88. The summed E-state index contributed by atoms with van der Waals surface area (Å²) in [5.74, 6) is 2.09. The van der Waals surface area contributed by atoms with E-state index in [9.17, 15) is 0 Å². The van der Waals surface area contributed by atoms with Crippen LogP contribution in [0.15, 0.2) is 24.3 Å². The lowest BCUT2D eigenvalue weighted by molar-refractivity contribution is 0.320. The highest BCUT2D eigenvalue weighted by Gasteiger charge is 2.55. The molecule has 0 nitrogen and oxygen atoms in total. The fourth-order valence-electron chi connectivity index (χ4n) is 5.26. The van der Waals surface area contributed by atoms with Crippen LogP contribution in [0.25, 0.3) is 0 Å². The van der Waals surface area contributed by atoms with Crippen molar-refractivity contribution in [1.29, 1.82) is 0 Å². The highest BCUT2D eigenvalue weighted by Crippen LogP contribution is 2.62. The lowest BCUT2D eigenvalue weighted by Gasteiger charge is -2.27. The van der Waals surface area contributed by atoms with Gasteiger partial charge in [0.15, 0.2) is 0 Å². The molecule has 108 valence electrons. The Bertz CT molecular complexity index is 469. The van der Waals surface area contributed by atoms with E-state index in [1.165, 1.54) is 70.6 Å². The molecule has 0 heterocycles. The molecule has 20 heavy (non-hydrogen) atoms. The van der Waals surface area contributed by atoms with Crippen LogP contribution in [-0.2, 0) is 11.8 Å². The molecule has 1 aromatic rings. The molecule has 2 saturated carbocycles. The maximum absolute atomic E-state index is 2.44. The molecule has 0 bridgehead atoms. The Morgan fingerprint density at radius 3 is 2.70 bits per heavy atom. The Morgan fingerprint density at radius 2 is 1.80 bits per heavy atom. The first-order valence-corrected chi connectivity index (χ1v) is 8.97. The second-order valence-electron chi connectivity index (χ2n) is 7.65. The summed E-state index contributed by atoms with van der Waals surface area (Å²) in [6.07, 6.45) is 16.3. The van der Waals surface area contributed by atoms with Gasteiger partial charge in [-0.15, -0.1) is 0 Å². The van der Waals surface area contributed by atoms with E-state index < -0.39 is 0 Å². The molecule has 0 aromatic heterocycles. The van der Waals surface area contributed by atoms with Gasteiger partial charge in [0.1, 0.15) is 0 Å². The Labute approximate surface area is 124 Å². The van der Waals surface area contributed by atoms with E-state index in [2.05, 4.69) is 24.3 Å². The van der Waals surface area contributed by atoms with Crippen LogP contribution in [0.5, 0.6) is 0 Å². The summed E-state index contributed by atoms with van der Waals surface area (Å²) in [6.45, 7) is 0.